The molecule has 0 radical (unpaired) electrons. The molecule has 0 spiro atoms. The highest BCUT2D eigenvalue weighted by Gasteiger charge is 2.21. The molecule has 10 heteroatoms. The monoisotopic (exact) mass is 560 g/mol. The van der Waals surface area contributed by atoms with Gasteiger partial charge in [0.15, 0.2) is 11.2 Å². The lowest BCUT2D eigenvalue weighted by Crippen LogP contribution is -2.42. The van der Waals surface area contributed by atoms with E-state index in [1.165, 1.54) is 4.57 Å². The van der Waals surface area contributed by atoms with Crippen molar-refractivity contribution < 1.29 is 0 Å². The van der Waals surface area contributed by atoms with Gasteiger partial charge in [-0.15, -0.1) is 10.2 Å². The molecule has 0 aliphatic carbocycles. The van der Waals surface area contributed by atoms with E-state index in [1.807, 2.05) is 92.1 Å². The maximum Gasteiger partial charge on any atom is 0.332 e. The molecule has 42 heavy (non-hydrogen) atoms. The average molecular weight is 561 g/mol. The molecule has 10 nitrogen and oxygen atoms in total. The van der Waals surface area contributed by atoms with Crippen molar-refractivity contribution in [2.24, 2.45) is 5.92 Å². The SMILES string of the molecule is Cc1nc2c(c(=O)n(CC(C)C)c(=O)n2CCc2ccccc2)n1Cc1ccc(-c2ccccc2-c2nn[nH]n2)cc1. The summed E-state index contributed by atoms with van der Waals surface area (Å²) in [5.41, 5.74) is 5.30. The van der Waals surface area contributed by atoms with Gasteiger partial charge in [-0.1, -0.05) is 92.7 Å². The van der Waals surface area contributed by atoms with Crippen LogP contribution in [-0.4, -0.2) is 39.3 Å². The van der Waals surface area contributed by atoms with Gasteiger partial charge in [-0.3, -0.25) is 13.9 Å². The van der Waals surface area contributed by atoms with Crippen LogP contribution in [-0.2, 0) is 26.1 Å². The third kappa shape index (κ3) is 5.18. The summed E-state index contributed by atoms with van der Waals surface area (Å²) in [7, 11) is 0. The van der Waals surface area contributed by atoms with Gasteiger partial charge >= 0.3 is 5.69 Å². The van der Waals surface area contributed by atoms with Crippen LogP contribution in [0.2, 0.25) is 0 Å². The number of nitrogens with one attached hydrogen (secondary N) is 1. The van der Waals surface area contributed by atoms with Crippen molar-refractivity contribution >= 4 is 11.2 Å². The number of aromatic amines is 1. The van der Waals surface area contributed by atoms with E-state index < -0.39 is 0 Å². The van der Waals surface area contributed by atoms with Crippen molar-refractivity contribution in [2.75, 3.05) is 0 Å². The maximum atomic E-state index is 13.8. The Kier molecular flexibility index (Phi) is 7.35. The fraction of sp³-hybridized carbons (Fsp3) is 0.250. The van der Waals surface area contributed by atoms with E-state index in [0.29, 0.717) is 48.9 Å². The first-order valence-corrected chi connectivity index (χ1v) is 14.1. The lowest BCUT2D eigenvalue weighted by molar-refractivity contribution is 0.474. The smallest absolute Gasteiger partial charge is 0.318 e. The predicted octanol–water partition coefficient (Wildman–Crippen LogP) is 4.46. The molecular formula is C32H32N8O2. The minimum atomic E-state index is -0.314. The molecule has 1 N–H and O–H groups in total. The summed E-state index contributed by atoms with van der Waals surface area (Å²) in [5, 5.41) is 14.5. The van der Waals surface area contributed by atoms with Crippen LogP contribution >= 0.6 is 0 Å². The van der Waals surface area contributed by atoms with Gasteiger partial charge in [0.05, 0.1) is 0 Å². The number of aromatic nitrogens is 8. The molecule has 0 saturated carbocycles. The number of imidazole rings is 1. The Morgan fingerprint density at radius 1 is 0.810 bits per heavy atom. The molecule has 6 rings (SSSR count). The number of fused-ring (bicyclic) bond motifs is 1. The molecule has 0 aliphatic heterocycles. The standard InChI is InChI=1S/C32H32N8O2/c1-21(2)19-40-31(41)28-30(38(32(40)42)18-17-23-9-5-4-6-10-23)33-22(3)39(28)20-24-13-15-25(16-14-24)26-11-7-8-12-27(26)29-34-36-37-35-29/h4-16,21H,17-20H2,1-3H3,(H,34,35,36,37). The second kappa shape index (κ2) is 11.4. The van der Waals surface area contributed by atoms with Crippen LogP contribution in [0.4, 0.5) is 0 Å². The molecule has 0 saturated heterocycles. The largest absolute Gasteiger partial charge is 0.332 e. The van der Waals surface area contributed by atoms with Crippen molar-refractivity contribution in [1.82, 2.24) is 39.3 Å². The van der Waals surface area contributed by atoms with E-state index in [-0.39, 0.29) is 17.2 Å². The quantitative estimate of drug-likeness (QED) is 0.279. The first-order chi connectivity index (χ1) is 20.4. The third-order valence-corrected chi connectivity index (χ3v) is 7.44. The zero-order valence-corrected chi connectivity index (χ0v) is 23.9. The maximum absolute atomic E-state index is 13.8. The Morgan fingerprint density at radius 3 is 2.21 bits per heavy atom. The minimum absolute atomic E-state index is 0.135. The minimum Gasteiger partial charge on any atom is -0.318 e. The van der Waals surface area contributed by atoms with Gasteiger partial charge in [-0.2, -0.15) is 5.21 Å². The summed E-state index contributed by atoms with van der Waals surface area (Å²) in [6.07, 6.45) is 0.661. The highest BCUT2D eigenvalue weighted by Crippen LogP contribution is 2.30. The second-order valence-electron chi connectivity index (χ2n) is 10.9. The Balaban J connectivity index is 1.38. The number of aryl methyl sites for hydroxylation is 3. The molecule has 0 aliphatic rings. The molecule has 0 bridgehead atoms. The van der Waals surface area contributed by atoms with Gasteiger partial charge in [0.25, 0.3) is 5.56 Å². The Labute approximate surface area is 242 Å². The Morgan fingerprint density at radius 2 is 1.52 bits per heavy atom. The zero-order chi connectivity index (χ0) is 29.2. The van der Waals surface area contributed by atoms with E-state index in [1.54, 1.807) is 4.57 Å². The number of nitrogens with zero attached hydrogens (tertiary/aromatic N) is 7. The first-order valence-electron chi connectivity index (χ1n) is 14.1. The number of hydrogen-bond acceptors (Lipinski definition) is 6. The molecule has 212 valence electrons. The highest BCUT2D eigenvalue weighted by molar-refractivity contribution is 5.80. The van der Waals surface area contributed by atoms with Crippen LogP contribution in [0.5, 0.6) is 0 Å². The second-order valence-corrected chi connectivity index (χ2v) is 10.9. The Hall–Kier alpha value is -5.12. The molecule has 0 fully saturated rings. The zero-order valence-electron chi connectivity index (χ0n) is 23.9. The summed E-state index contributed by atoms with van der Waals surface area (Å²) in [5.74, 6) is 1.35. The topological polar surface area (TPSA) is 116 Å². The van der Waals surface area contributed by atoms with Gasteiger partial charge in [-0.25, -0.2) is 9.78 Å². The molecule has 0 amide bonds. The summed E-state index contributed by atoms with van der Waals surface area (Å²) in [6, 6.07) is 26.1. The van der Waals surface area contributed by atoms with E-state index >= 15 is 0 Å². The van der Waals surface area contributed by atoms with Crippen LogP contribution in [0, 0.1) is 12.8 Å². The van der Waals surface area contributed by atoms with E-state index in [0.717, 1.165) is 27.8 Å². The summed E-state index contributed by atoms with van der Waals surface area (Å²) in [6.45, 7) is 7.12. The molecular weight excluding hydrogens is 528 g/mol. The van der Waals surface area contributed by atoms with Gasteiger partial charge in [-0.05, 0) is 46.7 Å². The van der Waals surface area contributed by atoms with Crippen LogP contribution in [0.1, 0.15) is 30.8 Å². The van der Waals surface area contributed by atoms with Gasteiger partial charge in [0, 0.05) is 25.2 Å². The fourth-order valence-corrected chi connectivity index (χ4v) is 5.38. The molecule has 3 aromatic carbocycles. The number of benzene rings is 3. The van der Waals surface area contributed by atoms with Crippen molar-refractivity contribution in [3.05, 3.63) is 117 Å². The number of tetrazole rings is 1. The number of H-pyrrole nitrogens is 1. The van der Waals surface area contributed by atoms with Crippen molar-refractivity contribution in [3.8, 4) is 22.5 Å². The number of rotatable bonds is 9. The summed E-state index contributed by atoms with van der Waals surface area (Å²) < 4.78 is 4.95. The summed E-state index contributed by atoms with van der Waals surface area (Å²) in [4.78, 5) is 32.1. The molecule has 0 atom stereocenters. The van der Waals surface area contributed by atoms with E-state index in [2.05, 4.69) is 32.8 Å². The normalized spacial score (nSPS) is 11.5. The van der Waals surface area contributed by atoms with Crippen molar-refractivity contribution in [3.63, 3.8) is 0 Å². The van der Waals surface area contributed by atoms with Gasteiger partial charge in [0.2, 0.25) is 5.82 Å². The van der Waals surface area contributed by atoms with Gasteiger partial charge < -0.3 is 4.57 Å². The van der Waals surface area contributed by atoms with E-state index in [9.17, 15) is 9.59 Å². The van der Waals surface area contributed by atoms with Gasteiger partial charge in [0.1, 0.15) is 5.82 Å². The van der Waals surface area contributed by atoms with Crippen LogP contribution < -0.4 is 11.2 Å². The van der Waals surface area contributed by atoms with Crippen molar-refractivity contribution in [2.45, 2.75) is 46.8 Å². The van der Waals surface area contributed by atoms with E-state index in [4.69, 9.17) is 4.98 Å². The van der Waals surface area contributed by atoms with Crippen LogP contribution in [0.15, 0.2) is 88.5 Å². The molecule has 0 unspecified atom stereocenters. The third-order valence-electron chi connectivity index (χ3n) is 7.44. The van der Waals surface area contributed by atoms with Crippen molar-refractivity contribution in [1.29, 1.82) is 0 Å². The molecule has 3 aromatic heterocycles. The first kappa shape index (κ1) is 27.1. The average Bonchev–Trinajstić information content (AvgIpc) is 3.65. The Bertz CT molecular complexity index is 1950. The predicted molar refractivity (Wildman–Crippen MR) is 162 cm³/mol. The lowest BCUT2D eigenvalue weighted by Gasteiger charge is -2.14. The lowest BCUT2D eigenvalue weighted by atomic mass is 9.98. The highest BCUT2D eigenvalue weighted by atomic mass is 16.2. The summed E-state index contributed by atoms with van der Waals surface area (Å²) >= 11 is 0. The number of hydrogen-bond donors (Lipinski definition) is 1. The fourth-order valence-electron chi connectivity index (χ4n) is 5.38. The van der Waals surface area contributed by atoms with Crippen LogP contribution in [0.3, 0.4) is 0 Å². The van der Waals surface area contributed by atoms with Crippen LogP contribution in [0.25, 0.3) is 33.7 Å². The molecule has 6 aromatic rings. The molecule has 3 heterocycles.